The summed E-state index contributed by atoms with van der Waals surface area (Å²) in [4.78, 5) is 10.8. The Morgan fingerprint density at radius 3 is 2.14 bits per heavy atom. The number of carbonyl (C=O) groups excluding carboxylic acids is 1. The quantitative estimate of drug-likeness (QED) is 0.647. The molecule has 0 atom stereocenters. The number of hydrogen-bond donors (Lipinski definition) is 1. The summed E-state index contributed by atoms with van der Waals surface area (Å²) in [5.74, 6) is 0. The number of anilines is 1. The molecule has 1 N–H and O–H groups in total. The lowest BCUT2D eigenvalue weighted by molar-refractivity contribution is 0.270. The molecule has 1 aromatic rings. The van der Waals surface area contributed by atoms with Crippen molar-refractivity contribution in [1.82, 2.24) is 0 Å². The van der Waals surface area contributed by atoms with Crippen molar-refractivity contribution in [2.45, 2.75) is 26.7 Å². The number of aryl methyl sites for hydroxylation is 2. The first-order valence-electron chi connectivity index (χ1n) is 4.76. The van der Waals surface area contributed by atoms with Gasteiger partial charge in [0, 0.05) is 21.6 Å². The van der Waals surface area contributed by atoms with Crippen LogP contribution in [0.1, 0.15) is 25.0 Å². The molecule has 0 spiro atoms. The maximum Gasteiger partial charge on any atom is 0.291 e. The Bertz CT molecular complexity index is 314. The highest BCUT2D eigenvalue weighted by Gasteiger charge is 2.07. The number of rotatable bonds is 3. The summed E-state index contributed by atoms with van der Waals surface area (Å²) < 4.78 is 0. The van der Waals surface area contributed by atoms with Crippen LogP contribution in [-0.2, 0) is 12.8 Å². The number of amides is 1. The van der Waals surface area contributed by atoms with Gasteiger partial charge in [-0.2, -0.15) is 0 Å². The fraction of sp³-hybridized carbons (Fsp3) is 0.364. The fourth-order valence-electron chi connectivity index (χ4n) is 1.50. The molecule has 0 saturated heterocycles. The Labute approximate surface area is 92.8 Å². The van der Waals surface area contributed by atoms with Crippen LogP contribution in [0.25, 0.3) is 0 Å². The zero-order valence-electron chi connectivity index (χ0n) is 8.43. The van der Waals surface area contributed by atoms with E-state index in [2.05, 4.69) is 35.1 Å². The maximum absolute atomic E-state index is 11.0. The number of para-hydroxylation sites is 1. The number of nitrogens with one attached hydrogen (secondary N) is 1. The Morgan fingerprint density at radius 2 is 1.79 bits per heavy atom. The molecule has 0 aliphatic carbocycles. The van der Waals surface area contributed by atoms with Crippen molar-refractivity contribution < 1.29 is 4.79 Å². The molecule has 14 heavy (non-hydrogen) atoms. The van der Waals surface area contributed by atoms with E-state index in [9.17, 15) is 4.79 Å². The van der Waals surface area contributed by atoms with E-state index < -0.39 is 0 Å². The topological polar surface area (TPSA) is 29.1 Å². The molecule has 1 rings (SSSR count). The van der Waals surface area contributed by atoms with Gasteiger partial charge in [-0.3, -0.25) is 4.79 Å². The Balaban J connectivity index is 3.12. The minimum absolute atomic E-state index is 0.187. The highest BCUT2D eigenvalue weighted by atomic mass is 79.9. The molecule has 0 radical (unpaired) electrons. The summed E-state index contributed by atoms with van der Waals surface area (Å²) in [6, 6.07) is 6.11. The molecular weight excluding hydrogens is 242 g/mol. The predicted octanol–water partition coefficient (Wildman–Crippen LogP) is 3.74. The van der Waals surface area contributed by atoms with Crippen molar-refractivity contribution in [1.29, 1.82) is 0 Å². The van der Waals surface area contributed by atoms with E-state index >= 15 is 0 Å². The van der Waals surface area contributed by atoms with Gasteiger partial charge in [-0.15, -0.1) is 0 Å². The van der Waals surface area contributed by atoms with E-state index in [-0.39, 0.29) is 4.82 Å². The van der Waals surface area contributed by atoms with Crippen LogP contribution < -0.4 is 5.32 Å². The molecule has 1 aromatic carbocycles. The van der Waals surface area contributed by atoms with Crippen LogP contribution in [0, 0.1) is 0 Å². The van der Waals surface area contributed by atoms with E-state index in [0.29, 0.717) is 0 Å². The van der Waals surface area contributed by atoms with Crippen LogP contribution in [-0.4, -0.2) is 4.82 Å². The van der Waals surface area contributed by atoms with Crippen molar-refractivity contribution in [3.63, 3.8) is 0 Å². The minimum Gasteiger partial charge on any atom is -0.316 e. The average Bonchev–Trinajstić information content (AvgIpc) is 2.17. The maximum atomic E-state index is 11.0. The lowest BCUT2D eigenvalue weighted by Gasteiger charge is -2.12. The summed E-state index contributed by atoms with van der Waals surface area (Å²) in [6.07, 6.45) is 1.85. The molecule has 0 fully saturated rings. The molecule has 76 valence electrons. The van der Waals surface area contributed by atoms with Crippen LogP contribution >= 0.6 is 15.9 Å². The standard InChI is InChI=1S/C11H14BrNO/c1-3-8-6-5-7-9(4-2)10(8)13-11(12)14/h5-7H,3-4H2,1-2H3,(H,13,14). The molecule has 0 heterocycles. The van der Waals surface area contributed by atoms with E-state index in [0.717, 1.165) is 18.5 Å². The highest BCUT2D eigenvalue weighted by molar-refractivity contribution is 9.18. The number of halogens is 1. The zero-order chi connectivity index (χ0) is 10.6. The van der Waals surface area contributed by atoms with Crippen molar-refractivity contribution in [3.05, 3.63) is 29.3 Å². The summed E-state index contributed by atoms with van der Waals surface area (Å²) in [6.45, 7) is 4.16. The number of carbonyl (C=O) groups is 1. The third-order valence-electron chi connectivity index (χ3n) is 2.22. The SMILES string of the molecule is CCc1cccc(CC)c1NC(=O)Br. The van der Waals surface area contributed by atoms with Gasteiger partial charge in [0.1, 0.15) is 0 Å². The van der Waals surface area contributed by atoms with Gasteiger partial charge in [0.25, 0.3) is 4.82 Å². The van der Waals surface area contributed by atoms with Crippen molar-refractivity contribution in [2.75, 3.05) is 5.32 Å². The normalized spacial score (nSPS) is 9.93. The molecule has 3 heteroatoms. The van der Waals surface area contributed by atoms with Crippen molar-refractivity contribution in [3.8, 4) is 0 Å². The summed E-state index contributed by atoms with van der Waals surface area (Å²) in [5, 5.41) is 2.82. The lowest BCUT2D eigenvalue weighted by Crippen LogP contribution is -2.06. The highest BCUT2D eigenvalue weighted by Crippen LogP contribution is 2.23. The van der Waals surface area contributed by atoms with E-state index in [1.807, 2.05) is 18.2 Å². The molecule has 2 nitrogen and oxygen atoms in total. The van der Waals surface area contributed by atoms with Crippen molar-refractivity contribution in [2.24, 2.45) is 0 Å². The second-order valence-electron chi connectivity index (χ2n) is 3.06. The van der Waals surface area contributed by atoms with Gasteiger partial charge in [0.2, 0.25) is 0 Å². The molecule has 0 saturated carbocycles. The first-order chi connectivity index (χ1) is 6.69. The first-order valence-corrected chi connectivity index (χ1v) is 5.55. The van der Waals surface area contributed by atoms with Crippen LogP contribution in [0.5, 0.6) is 0 Å². The van der Waals surface area contributed by atoms with Gasteiger partial charge in [-0.25, -0.2) is 0 Å². The van der Waals surface area contributed by atoms with Crippen LogP contribution in [0.3, 0.4) is 0 Å². The van der Waals surface area contributed by atoms with Gasteiger partial charge in [0.05, 0.1) is 0 Å². The first kappa shape index (κ1) is 11.2. The monoisotopic (exact) mass is 255 g/mol. The summed E-state index contributed by atoms with van der Waals surface area (Å²) in [5.41, 5.74) is 3.31. The van der Waals surface area contributed by atoms with Gasteiger partial charge in [0.15, 0.2) is 0 Å². The van der Waals surface area contributed by atoms with E-state index in [1.54, 1.807) is 0 Å². The molecule has 0 bridgehead atoms. The minimum atomic E-state index is -0.187. The van der Waals surface area contributed by atoms with Gasteiger partial charge >= 0.3 is 0 Å². The fourth-order valence-corrected chi connectivity index (χ4v) is 1.70. The summed E-state index contributed by atoms with van der Waals surface area (Å²) >= 11 is 2.89. The summed E-state index contributed by atoms with van der Waals surface area (Å²) in [7, 11) is 0. The van der Waals surface area contributed by atoms with Crippen LogP contribution in [0.2, 0.25) is 0 Å². The largest absolute Gasteiger partial charge is 0.316 e. The van der Waals surface area contributed by atoms with Gasteiger partial charge in [-0.05, 0) is 24.0 Å². The molecule has 0 unspecified atom stereocenters. The number of hydrogen-bond acceptors (Lipinski definition) is 1. The predicted molar refractivity (Wildman–Crippen MR) is 63.1 cm³/mol. The molecular formula is C11H14BrNO. The van der Waals surface area contributed by atoms with Crippen molar-refractivity contribution >= 4 is 26.4 Å². The van der Waals surface area contributed by atoms with Crippen LogP contribution in [0.15, 0.2) is 18.2 Å². The van der Waals surface area contributed by atoms with Crippen LogP contribution in [0.4, 0.5) is 10.5 Å². The molecule has 0 aliphatic rings. The molecule has 0 aliphatic heterocycles. The van der Waals surface area contributed by atoms with E-state index in [4.69, 9.17) is 0 Å². The van der Waals surface area contributed by atoms with Gasteiger partial charge in [-0.1, -0.05) is 32.0 Å². The molecule has 1 amide bonds. The molecule has 0 aromatic heterocycles. The van der Waals surface area contributed by atoms with E-state index in [1.165, 1.54) is 11.1 Å². The Morgan fingerprint density at radius 1 is 1.29 bits per heavy atom. The smallest absolute Gasteiger partial charge is 0.291 e. The third-order valence-corrected chi connectivity index (χ3v) is 2.42. The number of benzene rings is 1. The zero-order valence-corrected chi connectivity index (χ0v) is 10.0. The Kier molecular flexibility index (Phi) is 4.14. The second-order valence-corrected chi connectivity index (χ2v) is 3.78. The lowest BCUT2D eigenvalue weighted by atomic mass is 10.0. The second kappa shape index (κ2) is 5.15. The van der Waals surface area contributed by atoms with Gasteiger partial charge < -0.3 is 5.32 Å². The Hall–Kier alpha value is -0.830. The third kappa shape index (κ3) is 2.58. The average molecular weight is 256 g/mol.